The van der Waals surface area contributed by atoms with Gasteiger partial charge in [0.15, 0.2) is 0 Å². The van der Waals surface area contributed by atoms with E-state index in [0.29, 0.717) is 17.1 Å². The molecule has 3 aromatic rings. The number of hydrogen-bond donors (Lipinski definition) is 2. The number of halogens is 2. The lowest BCUT2D eigenvalue weighted by Crippen LogP contribution is -3.22. The highest BCUT2D eigenvalue weighted by Crippen LogP contribution is 2.19. The Morgan fingerprint density at radius 1 is 0.900 bits per heavy atom. The zero-order chi connectivity index (χ0) is 21.1. The molecule has 1 saturated heterocycles. The van der Waals surface area contributed by atoms with Gasteiger partial charge in [-0.15, -0.1) is 0 Å². The fourth-order valence-corrected chi connectivity index (χ4v) is 4.91. The molecule has 1 heterocycles. The highest BCUT2D eigenvalue weighted by Gasteiger charge is 2.41. The summed E-state index contributed by atoms with van der Waals surface area (Å²) in [6, 6.07) is 22.6. The molecule has 0 aromatic heterocycles. The summed E-state index contributed by atoms with van der Waals surface area (Å²) < 4.78 is 14.5. The molecule has 1 aliphatic rings. The first-order valence-corrected chi connectivity index (χ1v) is 11.2. The third-order valence-corrected chi connectivity index (χ3v) is 6.80. The summed E-state index contributed by atoms with van der Waals surface area (Å²) >= 11 is 6.37. The Morgan fingerprint density at radius 3 is 2.27 bits per heavy atom. The maximum Gasteiger partial charge on any atom is 0.241 e. The van der Waals surface area contributed by atoms with E-state index in [-0.39, 0.29) is 12.0 Å². The fraction of sp³-hybridized carbons (Fsp3) is 0.308. The summed E-state index contributed by atoms with van der Waals surface area (Å²) in [4.78, 5) is 2.89. The van der Waals surface area contributed by atoms with Gasteiger partial charge in [-0.25, -0.2) is 4.39 Å². The van der Waals surface area contributed by atoms with Gasteiger partial charge >= 0.3 is 0 Å². The van der Waals surface area contributed by atoms with Gasteiger partial charge in [0.1, 0.15) is 32.0 Å². The number of aryl methyl sites for hydroxylation is 2. The van der Waals surface area contributed by atoms with Gasteiger partial charge in [0.2, 0.25) is 6.17 Å². The summed E-state index contributed by atoms with van der Waals surface area (Å²) in [6.07, 6.45) is 1.29. The van der Waals surface area contributed by atoms with Gasteiger partial charge in [0, 0.05) is 5.56 Å². The second-order valence-corrected chi connectivity index (χ2v) is 8.73. The first-order valence-electron chi connectivity index (χ1n) is 10.8. The Bertz CT molecular complexity index is 982. The zero-order valence-electron chi connectivity index (χ0n) is 17.7. The Morgan fingerprint density at radius 2 is 1.60 bits per heavy atom. The predicted molar refractivity (Wildman–Crippen MR) is 120 cm³/mol. The molecule has 0 saturated carbocycles. The number of benzene rings is 3. The molecule has 0 aliphatic carbocycles. The Kier molecular flexibility index (Phi) is 6.52. The van der Waals surface area contributed by atoms with Crippen molar-refractivity contribution < 1.29 is 14.2 Å². The van der Waals surface area contributed by atoms with Crippen molar-refractivity contribution in [2.75, 3.05) is 13.1 Å². The van der Waals surface area contributed by atoms with E-state index >= 15 is 0 Å². The van der Waals surface area contributed by atoms with Crippen molar-refractivity contribution in [2.24, 2.45) is 0 Å². The van der Waals surface area contributed by atoms with Gasteiger partial charge < -0.3 is 0 Å². The largest absolute Gasteiger partial charge is 0.274 e. The summed E-state index contributed by atoms with van der Waals surface area (Å²) in [5, 5.41) is 0.523. The quantitative estimate of drug-likeness (QED) is 0.599. The van der Waals surface area contributed by atoms with Crippen LogP contribution in [0.4, 0.5) is 4.39 Å². The van der Waals surface area contributed by atoms with Crippen LogP contribution >= 0.6 is 11.6 Å². The first kappa shape index (κ1) is 21.0. The summed E-state index contributed by atoms with van der Waals surface area (Å²) in [6.45, 7) is 7.98. The fourth-order valence-electron chi connectivity index (χ4n) is 4.68. The Labute approximate surface area is 183 Å². The van der Waals surface area contributed by atoms with Crippen LogP contribution in [0.3, 0.4) is 0 Å². The van der Waals surface area contributed by atoms with Crippen LogP contribution in [0.15, 0.2) is 66.7 Å². The monoisotopic (exact) mass is 424 g/mol. The molecule has 30 heavy (non-hydrogen) atoms. The molecular formula is C26H30ClFN2+2. The second kappa shape index (κ2) is 9.30. The number of hydrogen-bond acceptors (Lipinski definition) is 0. The maximum absolute atomic E-state index is 14.5. The normalized spacial score (nSPS) is 21.1. The summed E-state index contributed by atoms with van der Waals surface area (Å²) in [5.41, 5.74) is 6.00. The van der Waals surface area contributed by atoms with Crippen LogP contribution in [0.5, 0.6) is 0 Å². The minimum absolute atomic E-state index is 0.206. The first-order chi connectivity index (χ1) is 14.6. The standard InChI is InChI=1S/C26H28ClFN2/c1-3-20-11-13-21(14-12-20)26-29(17-22-8-5-4-7-19(22)2)15-16-30(26)18-23-24(27)9-6-10-25(23)28/h4-14,26H,3,15-18H2,1-2H3/p+2. The molecule has 3 aromatic carbocycles. The average molecular weight is 425 g/mol. The van der Waals surface area contributed by atoms with Gasteiger partial charge in [-0.3, -0.25) is 9.80 Å². The second-order valence-electron chi connectivity index (χ2n) is 8.32. The predicted octanol–water partition coefficient (Wildman–Crippen LogP) is 3.53. The van der Waals surface area contributed by atoms with Crippen LogP contribution in [-0.2, 0) is 19.5 Å². The van der Waals surface area contributed by atoms with Gasteiger partial charge in [0.05, 0.1) is 16.1 Å². The molecular weight excluding hydrogens is 395 g/mol. The smallest absolute Gasteiger partial charge is 0.241 e. The van der Waals surface area contributed by atoms with E-state index in [1.165, 1.54) is 38.1 Å². The van der Waals surface area contributed by atoms with Crippen molar-refractivity contribution in [3.63, 3.8) is 0 Å². The number of rotatable bonds is 6. The molecule has 0 bridgehead atoms. The van der Waals surface area contributed by atoms with E-state index in [0.717, 1.165) is 26.1 Å². The van der Waals surface area contributed by atoms with Crippen LogP contribution in [0.2, 0.25) is 5.02 Å². The molecule has 0 amide bonds. The molecule has 3 atom stereocenters. The lowest BCUT2D eigenvalue weighted by molar-refractivity contribution is -1.09. The van der Waals surface area contributed by atoms with E-state index in [1.807, 2.05) is 0 Å². The molecule has 0 radical (unpaired) electrons. The number of nitrogens with one attached hydrogen (secondary N) is 2. The molecule has 2 N–H and O–H groups in total. The van der Waals surface area contributed by atoms with Crippen molar-refractivity contribution in [3.8, 4) is 0 Å². The molecule has 1 fully saturated rings. The lowest BCUT2D eigenvalue weighted by Gasteiger charge is -2.25. The maximum atomic E-state index is 14.5. The summed E-state index contributed by atoms with van der Waals surface area (Å²) in [5.74, 6) is -0.206. The van der Waals surface area contributed by atoms with Crippen LogP contribution < -0.4 is 9.80 Å². The van der Waals surface area contributed by atoms with Crippen LogP contribution in [-0.4, -0.2) is 13.1 Å². The van der Waals surface area contributed by atoms with E-state index in [9.17, 15) is 4.39 Å². The summed E-state index contributed by atoms with van der Waals surface area (Å²) in [7, 11) is 0. The van der Waals surface area contributed by atoms with Crippen LogP contribution in [0, 0.1) is 12.7 Å². The molecule has 2 nitrogen and oxygen atoms in total. The lowest BCUT2D eigenvalue weighted by atomic mass is 10.0. The molecule has 4 heteroatoms. The molecule has 1 aliphatic heterocycles. The van der Waals surface area contributed by atoms with Gasteiger partial charge in [-0.2, -0.15) is 0 Å². The van der Waals surface area contributed by atoms with Crippen LogP contribution in [0.25, 0.3) is 0 Å². The van der Waals surface area contributed by atoms with Gasteiger partial charge in [0.25, 0.3) is 0 Å². The van der Waals surface area contributed by atoms with Gasteiger partial charge in [-0.1, -0.05) is 61.0 Å². The molecule has 4 rings (SSSR count). The SMILES string of the molecule is CCc1ccc(C2[NH+](Cc3ccccc3C)CC[NH+]2Cc2c(F)cccc2Cl)cc1. The Balaban J connectivity index is 1.66. The van der Waals surface area contributed by atoms with E-state index in [2.05, 4.69) is 62.4 Å². The van der Waals surface area contributed by atoms with Crippen molar-refractivity contribution in [3.05, 3.63) is 105 Å². The third-order valence-electron chi connectivity index (χ3n) is 6.45. The van der Waals surface area contributed by atoms with E-state index < -0.39 is 0 Å². The van der Waals surface area contributed by atoms with Crippen molar-refractivity contribution in [2.45, 2.75) is 39.5 Å². The van der Waals surface area contributed by atoms with Gasteiger partial charge in [-0.05, 0) is 48.7 Å². The van der Waals surface area contributed by atoms with E-state index in [1.54, 1.807) is 12.1 Å². The highest BCUT2D eigenvalue weighted by atomic mass is 35.5. The molecule has 3 unspecified atom stereocenters. The van der Waals surface area contributed by atoms with Crippen LogP contribution in [0.1, 0.15) is 40.9 Å². The molecule has 0 spiro atoms. The topological polar surface area (TPSA) is 8.88 Å². The van der Waals surface area contributed by atoms with Crippen molar-refractivity contribution in [1.29, 1.82) is 0 Å². The minimum atomic E-state index is -0.206. The highest BCUT2D eigenvalue weighted by molar-refractivity contribution is 6.31. The Hall–Kier alpha value is -2.20. The minimum Gasteiger partial charge on any atom is -0.274 e. The van der Waals surface area contributed by atoms with E-state index in [4.69, 9.17) is 11.6 Å². The van der Waals surface area contributed by atoms with Crippen molar-refractivity contribution >= 4 is 11.6 Å². The molecule has 156 valence electrons. The third kappa shape index (κ3) is 4.44. The van der Waals surface area contributed by atoms with Crippen molar-refractivity contribution in [1.82, 2.24) is 0 Å². The average Bonchev–Trinajstić information content (AvgIpc) is 3.14. The number of quaternary nitrogens is 2. The zero-order valence-corrected chi connectivity index (χ0v) is 18.5.